The Morgan fingerprint density at radius 1 is 1.05 bits per heavy atom. The van der Waals surface area contributed by atoms with Crippen molar-refractivity contribution >= 4 is 29.2 Å². The molecule has 4 unspecified atom stereocenters. The zero-order valence-corrected chi connectivity index (χ0v) is 24.7. The molecule has 3 N–H and O–H groups in total. The molecule has 216 valence electrons. The van der Waals surface area contributed by atoms with E-state index in [1.807, 2.05) is 46.8 Å². The molecule has 2 aliphatic heterocycles. The van der Waals surface area contributed by atoms with E-state index in [4.69, 9.17) is 5.73 Å². The van der Waals surface area contributed by atoms with Crippen LogP contribution in [0.1, 0.15) is 78.1 Å². The number of carbonyl (C=O) groups excluding carboxylic acids is 4. The van der Waals surface area contributed by atoms with Crippen LogP contribution in [0.25, 0.3) is 0 Å². The normalized spacial score (nSPS) is 20.7. The third-order valence-corrected chi connectivity index (χ3v) is 7.71. The van der Waals surface area contributed by atoms with Crippen molar-refractivity contribution in [3.8, 4) is 0 Å². The molecule has 1 aromatic carbocycles. The number of carbonyl (C=O) groups is 4. The maximum atomic E-state index is 13.8. The summed E-state index contributed by atoms with van der Waals surface area (Å²) in [4.78, 5) is 58.5. The van der Waals surface area contributed by atoms with E-state index in [0.29, 0.717) is 31.4 Å². The van der Waals surface area contributed by atoms with Crippen molar-refractivity contribution in [1.29, 1.82) is 0 Å². The Bertz CT molecular complexity index is 1040. The fraction of sp³-hybridized carbons (Fsp3) is 0.667. The van der Waals surface area contributed by atoms with E-state index < -0.39 is 18.1 Å². The highest BCUT2D eigenvalue weighted by Crippen LogP contribution is 2.32. The molecule has 1 aromatic rings. The first-order valence-corrected chi connectivity index (χ1v) is 14.3. The quantitative estimate of drug-likeness (QED) is 0.471. The van der Waals surface area contributed by atoms with Crippen LogP contribution in [0.5, 0.6) is 0 Å². The SMILES string of the molecule is CCN(CC)c1ccc(C(=O)NC(CC(C)C)C(=O)N2CCC3C2C(=O)CN3C(=O)C(N)CC(C)(C)C)cc1. The van der Waals surface area contributed by atoms with Crippen LogP contribution in [0.2, 0.25) is 0 Å². The molecule has 0 radical (unpaired) electrons. The smallest absolute Gasteiger partial charge is 0.251 e. The van der Waals surface area contributed by atoms with E-state index in [9.17, 15) is 19.2 Å². The van der Waals surface area contributed by atoms with E-state index in [2.05, 4.69) is 24.1 Å². The number of nitrogens with two attached hydrogens (primary N) is 1. The number of likely N-dealkylation sites (tertiary alicyclic amines) is 2. The zero-order chi connectivity index (χ0) is 29.1. The number of rotatable bonds is 10. The van der Waals surface area contributed by atoms with Gasteiger partial charge in [-0.3, -0.25) is 19.2 Å². The van der Waals surface area contributed by atoms with Gasteiger partial charge >= 0.3 is 0 Å². The summed E-state index contributed by atoms with van der Waals surface area (Å²) in [7, 11) is 0. The van der Waals surface area contributed by atoms with Gasteiger partial charge in [0.2, 0.25) is 11.8 Å². The van der Waals surface area contributed by atoms with Gasteiger partial charge in [-0.1, -0.05) is 34.6 Å². The van der Waals surface area contributed by atoms with Crippen molar-refractivity contribution in [2.75, 3.05) is 31.1 Å². The standard InChI is InChI=1S/C30H47N5O4/c1-8-33(9-2)21-12-10-20(11-13-21)27(37)32-23(16-19(3)4)29(39)34-15-14-24-26(34)25(36)18-35(24)28(38)22(31)17-30(5,6)7/h10-13,19,22-24,26H,8-9,14-18,31H2,1-7H3,(H,32,37). The Morgan fingerprint density at radius 3 is 2.21 bits per heavy atom. The van der Waals surface area contributed by atoms with Gasteiger partial charge in [-0.05, 0) is 68.7 Å². The van der Waals surface area contributed by atoms with Gasteiger partial charge in [-0.2, -0.15) is 0 Å². The van der Waals surface area contributed by atoms with Crippen LogP contribution in [0.3, 0.4) is 0 Å². The van der Waals surface area contributed by atoms with Gasteiger partial charge in [0, 0.05) is 30.9 Å². The maximum absolute atomic E-state index is 13.8. The van der Waals surface area contributed by atoms with Crippen LogP contribution >= 0.6 is 0 Å². The van der Waals surface area contributed by atoms with Crippen molar-refractivity contribution in [3.05, 3.63) is 29.8 Å². The second-order valence-corrected chi connectivity index (χ2v) is 12.5. The summed E-state index contributed by atoms with van der Waals surface area (Å²) < 4.78 is 0. The summed E-state index contributed by atoms with van der Waals surface area (Å²) >= 11 is 0. The average Bonchev–Trinajstić information content (AvgIpc) is 3.44. The molecule has 2 aliphatic rings. The van der Waals surface area contributed by atoms with E-state index in [-0.39, 0.29) is 47.4 Å². The van der Waals surface area contributed by atoms with Crippen molar-refractivity contribution in [3.63, 3.8) is 0 Å². The van der Waals surface area contributed by atoms with Crippen molar-refractivity contribution in [1.82, 2.24) is 15.1 Å². The molecule has 0 spiro atoms. The Morgan fingerprint density at radius 2 is 1.67 bits per heavy atom. The highest BCUT2D eigenvalue weighted by molar-refractivity contribution is 6.01. The molecule has 0 aliphatic carbocycles. The molecule has 9 nitrogen and oxygen atoms in total. The van der Waals surface area contributed by atoms with Crippen molar-refractivity contribution < 1.29 is 19.2 Å². The Hall–Kier alpha value is -2.94. The summed E-state index contributed by atoms with van der Waals surface area (Å²) in [5, 5.41) is 2.94. The number of nitrogens with zero attached hydrogens (tertiary/aromatic N) is 3. The first kappa shape index (κ1) is 30.6. The second kappa shape index (κ2) is 12.5. The van der Waals surface area contributed by atoms with Gasteiger partial charge < -0.3 is 25.8 Å². The molecule has 39 heavy (non-hydrogen) atoms. The van der Waals surface area contributed by atoms with Crippen LogP contribution in [0.4, 0.5) is 5.69 Å². The molecule has 2 heterocycles. The monoisotopic (exact) mass is 541 g/mol. The Kier molecular flexibility index (Phi) is 9.80. The molecule has 0 aromatic heterocycles. The molecule has 2 saturated heterocycles. The molecule has 0 saturated carbocycles. The molecule has 3 rings (SSSR count). The second-order valence-electron chi connectivity index (χ2n) is 12.5. The zero-order valence-electron chi connectivity index (χ0n) is 24.7. The highest BCUT2D eigenvalue weighted by Gasteiger charge is 2.52. The van der Waals surface area contributed by atoms with Crippen LogP contribution in [0, 0.1) is 11.3 Å². The lowest BCUT2D eigenvalue weighted by Gasteiger charge is -2.30. The predicted molar refractivity (Wildman–Crippen MR) is 153 cm³/mol. The summed E-state index contributed by atoms with van der Waals surface area (Å²) in [6.07, 6.45) is 1.48. The number of ketones is 1. The summed E-state index contributed by atoms with van der Waals surface area (Å²) in [6, 6.07) is 4.86. The van der Waals surface area contributed by atoms with Crippen LogP contribution in [-0.2, 0) is 14.4 Å². The predicted octanol–water partition coefficient (Wildman–Crippen LogP) is 2.82. The minimum absolute atomic E-state index is 0.0319. The van der Waals surface area contributed by atoms with Gasteiger partial charge in [0.25, 0.3) is 5.91 Å². The van der Waals surface area contributed by atoms with Crippen molar-refractivity contribution in [2.24, 2.45) is 17.1 Å². The third-order valence-electron chi connectivity index (χ3n) is 7.71. The number of fused-ring (bicyclic) bond motifs is 1. The number of anilines is 1. The van der Waals surface area contributed by atoms with E-state index in [1.165, 1.54) is 0 Å². The number of hydrogen-bond donors (Lipinski definition) is 2. The Labute approximate surface area is 233 Å². The molecule has 2 fully saturated rings. The third kappa shape index (κ3) is 7.18. The van der Waals surface area contributed by atoms with Gasteiger partial charge in [0.15, 0.2) is 5.78 Å². The highest BCUT2D eigenvalue weighted by atomic mass is 16.2. The number of benzene rings is 1. The molecular formula is C30H47N5O4. The minimum atomic E-state index is -0.764. The summed E-state index contributed by atoms with van der Waals surface area (Å²) in [6.45, 7) is 16.3. The largest absolute Gasteiger partial charge is 0.372 e. The number of Topliss-reactive ketones (excluding diaryl/α,β-unsaturated/α-hetero) is 1. The molecule has 4 atom stereocenters. The van der Waals surface area contributed by atoms with E-state index >= 15 is 0 Å². The van der Waals surface area contributed by atoms with Gasteiger partial charge in [-0.15, -0.1) is 0 Å². The maximum Gasteiger partial charge on any atom is 0.251 e. The lowest BCUT2D eigenvalue weighted by molar-refractivity contribution is -0.138. The number of amides is 3. The topological polar surface area (TPSA) is 116 Å². The minimum Gasteiger partial charge on any atom is -0.372 e. The average molecular weight is 542 g/mol. The van der Waals surface area contributed by atoms with Crippen molar-refractivity contribution in [2.45, 2.75) is 91.9 Å². The first-order chi connectivity index (χ1) is 18.3. The first-order valence-electron chi connectivity index (χ1n) is 14.3. The van der Waals surface area contributed by atoms with Crippen LogP contribution < -0.4 is 16.0 Å². The number of hydrogen-bond acceptors (Lipinski definition) is 6. The van der Waals surface area contributed by atoms with Gasteiger partial charge in [0.05, 0.1) is 18.6 Å². The molecule has 3 amide bonds. The molecule has 9 heteroatoms. The molecular weight excluding hydrogens is 494 g/mol. The van der Waals surface area contributed by atoms with E-state index in [0.717, 1.165) is 18.8 Å². The summed E-state index contributed by atoms with van der Waals surface area (Å²) in [5.74, 6) is -0.830. The lowest BCUT2D eigenvalue weighted by atomic mass is 9.88. The molecule has 0 bridgehead atoms. The fourth-order valence-corrected chi connectivity index (χ4v) is 5.87. The Balaban J connectivity index is 1.74. The van der Waals surface area contributed by atoms with E-state index in [1.54, 1.807) is 21.9 Å². The van der Waals surface area contributed by atoms with Crippen LogP contribution in [0.15, 0.2) is 24.3 Å². The number of nitrogens with one attached hydrogen (secondary N) is 1. The van der Waals surface area contributed by atoms with Gasteiger partial charge in [-0.25, -0.2) is 0 Å². The lowest BCUT2D eigenvalue weighted by Crippen LogP contribution is -2.53. The van der Waals surface area contributed by atoms with Crippen LogP contribution in [-0.4, -0.2) is 83.7 Å². The summed E-state index contributed by atoms with van der Waals surface area (Å²) in [5.41, 5.74) is 7.62. The fourth-order valence-electron chi connectivity index (χ4n) is 5.87. The van der Waals surface area contributed by atoms with Gasteiger partial charge in [0.1, 0.15) is 12.1 Å².